The van der Waals surface area contributed by atoms with Crippen molar-refractivity contribution in [1.82, 2.24) is 4.72 Å². The molecule has 41 heavy (non-hydrogen) atoms. The number of nitrogens with zero attached hydrogens (tertiary/aromatic N) is 1. The van der Waals surface area contributed by atoms with Gasteiger partial charge >= 0.3 is 5.97 Å². The van der Waals surface area contributed by atoms with Gasteiger partial charge in [0.25, 0.3) is 10.1 Å². The number of guanidine groups is 1. The lowest BCUT2D eigenvalue weighted by molar-refractivity contribution is -0.146. The molecule has 13 heteroatoms. The molecule has 0 aliphatic carbocycles. The third-order valence-electron chi connectivity index (χ3n) is 5.92. The molecule has 0 spiro atoms. The Morgan fingerprint density at radius 3 is 1.88 bits per heavy atom. The Morgan fingerprint density at radius 2 is 1.37 bits per heavy atom. The lowest BCUT2D eigenvalue weighted by Crippen LogP contribution is -2.42. The summed E-state index contributed by atoms with van der Waals surface area (Å²) in [6, 6.07) is 11.4. The molecule has 0 aromatic heterocycles. The smallest absolute Gasteiger partial charge is 0.324 e. The van der Waals surface area contributed by atoms with Gasteiger partial charge in [-0.15, -0.1) is 0 Å². The van der Waals surface area contributed by atoms with Gasteiger partial charge in [0.1, 0.15) is 6.04 Å². The number of hydrogen-bond acceptors (Lipinski definition) is 7. The number of aliphatic imine (C=N–C) groups is 1. The molecule has 2 aromatic carbocycles. The van der Waals surface area contributed by atoms with Crippen LogP contribution in [0, 0.1) is 13.8 Å². The highest BCUT2D eigenvalue weighted by atomic mass is 32.2. The molecule has 2 rings (SSSR count). The molecule has 0 aliphatic heterocycles. The second-order valence-electron chi connectivity index (χ2n) is 9.66. The van der Waals surface area contributed by atoms with Crippen molar-refractivity contribution in [2.75, 3.05) is 13.2 Å². The van der Waals surface area contributed by atoms with E-state index in [1.807, 2.05) is 13.8 Å². The van der Waals surface area contributed by atoms with Crippen LogP contribution in [0.3, 0.4) is 0 Å². The summed E-state index contributed by atoms with van der Waals surface area (Å²) in [5, 5.41) is 0. The summed E-state index contributed by atoms with van der Waals surface area (Å²) in [5.74, 6) is -0.624. The first-order chi connectivity index (χ1) is 19.3. The molecule has 2 aromatic rings. The van der Waals surface area contributed by atoms with Gasteiger partial charge in [-0.25, -0.2) is 8.42 Å². The first-order valence-electron chi connectivity index (χ1n) is 13.6. The van der Waals surface area contributed by atoms with Gasteiger partial charge in [-0.2, -0.15) is 13.1 Å². The zero-order chi connectivity index (χ0) is 30.9. The maximum atomic E-state index is 12.7. The van der Waals surface area contributed by atoms with E-state index in [9.17, 15) is 21.6 Å². The van der Waals surface area contributed by atoms with E-state index in [-0.39, 0.29) is 28.8 Å². The summed E-state index contributed by atoms with van der Waals surface area (Å²) < 4.78 is 62.7. The third kappa shape index (κ3) is 15.5. The third-order valence-corrected chi connectivity index (χ3v) is 8.28. The number of carbonyl (C=O) groups excluding carboxylic acids is 1. The average Bonchev–Trinajstić information content (AvgIpc) is 2.90. The highest BCUT2D eigenvalue weighted by Crippen LogP contribution is 2.13. The number of unbranched alkanes of at least 4 members (excludes halogenated alkanes) is 5. The molecule has 6 N–H and O–H groups in total. The second kappa shape index (κ2) is 18.4. The van der Waals surface area contributed by atoms with Gasteiger partial charge < -0.3 is 16.2 Å². The Hall–Kier alpha value is -3.00. The van der Waals surface area contributed by atoms with Gasteiger partial charge in [0.2, 0.25) is 10.0 Å². The molecule has 0 aliphatic rings. The second-order valence-corrected chi connectivity index (χ2v) is 12.8. The Balaban J connectivity index is 0.000000634. The predicted octanol–water partition coefficient (Wildman–Crippen LogP) is 3.84. The lowest BCUT2D eigenvalue weighted by atomic mass is 10.1. The minimum absolute atomic E-state index is 0.0440. The molecule has 0 saturated heterocycles. The summed E-state index contributed by atoms with van der Waals surface area (Å²) in [6.45, 7) is 6.45. The minimum atomic E-state index is -4.02. The van der Waals surface area contributed by atoms with Crippen LogP contribution in [-0.2, 0) is 29.7 Å². The van der Waals surface area contributed by atoms with Crippen molar-refractivity contribution in [2.24, 2.45) is 16.5 Å². The number of nitrogens with two attached hydrogens (primary N) is 2. The van der Waals surface area contributed by atoms with E-state index in [2.05, 4.69) is 16.6 Å². The number of esters is 1. The van der Waals surface area contributed by atoms with Gasteiger partial charge in [0.15, 0.2) is 5.96 Å². The lowest BCUT2D eigenvalue weighted by Gasteiger charge is -2.18. The topological polar surface area (TPSA) is 191 Å². The number of benzene rings is 2. The van der Waals surface area contributed by atoms with Crippen LogP contribution in [0.25, 0.3) is 0 Å². The van der Waals surface area contributed by atoms with E-state index < -0.39 is 32.2 Å². The molecule has 0 amide bonds. The quantitative estimate of drug-likeness (QED) is 0.0717. The van der Waals surface area contributed by atoms with Crippen LogP contribution in [0.2, 0.25) is 0 Å². The SMILES string of the molecule is CCCCCCCCOC(=O)[C@H](CCCN=C(N)N)NS(=O)(=O)c1ccc(C)cc1.Cc1ccc(S(=O)(=O)O)cc1. The number of aryl methyl sites for hydroxylation is 2. The van der Waals surface area contributed by atoms with E-state index in [4.69, 9.17) is 20.8 Å². The first-order valence-corrected chi connectivity index (χ1v) is 16.5. The Morgan fingerprint density at radius 1 is 0.854 bits per heavy atom. The fourth-order valence-corrected chi connectivity index (χ4v) is 5.27. The van der Waals surface area contributed by atoms with Crippen molar-refractivity contribution < 1.29 is 30.9 Å². The van der Waals surface area contributed by atoms with E-state index in [1.165, 1.54) is 43.5 Å². The first kappa shape index (κ1) is 36.0. The predicted molar refractivity (Wildman–Crippen MR) is 161 cm³/mol. The van der Waals surface area contributed by atoms with Crippen molar-refractivity contribution in [3.63, 3.8) is 0 Å². The largest absolute Gasteiger partial charge is 0.465 e. The summed E-state index contributed by atoms with van der Waals surface area (Å²) in [6.07, 6.45) is 7.08. The molecule has 0 bridgehead atoms. The summed E-state index contributed by atoms with van der Waals surface area (Å²) in [5.41, 5.74) is 12.5. The van der Waals surface area contributed by atoms with Gasteiger partial charge in [0.05, 0.1) is 16.4 Å². The van der Waals surface area contributed by atoms with E-state index in [0.29, 0.717) is 13.0 Å². The van der Waals surface area contributed by atoms with E-state index >= 15 is 0 Å². The highest BCUT2D eigenvalue weighted by molar-refractivity contribution is 7.89. The maximum absolute atomic E-state index is 12.7. The van der Waals surface area contributed by atoms with Gasteiger partial charge in [-0.05, 0) is 57.4 Å². The molecular weight excluding hydrogens is 568 g/mol. The molecular formula is C28H44N4O7S2. The molecule has 0 saturated carbocycles. The number of rotatable bonds is 16. The monoisotopic (exact) mass is 612 g/mol. The van der Waals surface area contributed by atoms with Crippen LogP contribution in [-0.4, -0.2) is 52.5 Å². The van der Waals surface area contributed by atoms with Crippen molar-refractivity contribution in [3.05, 3.63) is 59.7 Å². The van der Waals surface area contributed by atoms with Crippen LogP contribution < -0.4 is 16.2 Å². The molecule has 0 unspecified atom stereocenters. The zero-order valence-corrected chi connectivity index (χ0v) is 25.7. The number of carbonyl (C=O) groups is 1. The van der Waals surface area contributed by atoms with Crippen LogP contribution in [0.4, 0.5) is 0 Å². The van der Waals surface area contributed by atoms with Crippen molar-refractivity contribution >= 4 is 32.1 Å². The van der Waals surface area contributed by atoms with Crippen LogP contribution in [0.15, 0.2) is 63.3 Å². The van der Waals surface area contributed by atoms with Crippen molar-refractivity contribution in [3.8, 4) is 0 Å². The number of hydrogen-bond donors (Lipinski definition) is 4. The highest BCUT2D eigenvalue weighted by Gasteiger charge is 2.26. The average molecular weight is 613 g/mol. The molecule has 0 fully saturated rings. The fraction of sp³-hybridized carbons (Fsp3) is 0.500. The van der Waals surface area contributed by atoms with E-state index in [0.717, 1.165) is 30.4 Å². The number of sulfonamides is 1. The van der Waals surface area contributed by atoms with Crippen molar-refractivity contribution in [2.45, 2.75) is 88.0 Å². The molecule has 230 valence electrons. The van der Waals surface area contributed by atoms with Crippen LogP contribution >= 0.6 is 0 Å². The van der Waals surface area contributed by atoms with E-state index in [1.54, 1.807) is 24.3 Å². The standard InChI is InChI=1S/C21H36N4O4S.C7H8O3S/c1-3-4-5-6-7-8-16-29-20(26)19(10-9-15-24-21(22)23)25-30(27,28)18-13-11-17(2)12-14-18;1-6-2-4-7(5-3-6)11(8,9)10/h11-14,19,25H,3-10,15-16H2,1-2H3,(H4,22,23,24);2-5H,1H3,(H,8,9,10)/t19-;/m0./s1. The summed E-state index contributed by atoms with van der Waals surface area (Å²) in [7, 11) is -7.88. The number of ether oxygens (including phenoxy) is 1. The Labute approximate surface area is 244 Å². The van der Waals surface area contributed by atoms with Gasteiger partial charge in [-0.1, -0.05) is 74.4 Å². The molecule has 0 heterocycles. The maximum Gasteiger partial charge on any atom is 0.324 e. The van der Waals surface area contributed by atoms with Crippen LogP contribution in [0.5, 0.6) is 0 Å². The fourth-order valence-electron chi connectivity index (χ4n) is 3.57. The minimum Gasteiger partial charge on any atom is -0.465 e. The van der Waals surface area contributed by atoms with Gasteiger partial charge in [0, 0.05) is 6.54 Å². The number of nitrogens with one attached hydrogen (secondary N) is 1. The zero-order valence-electron chi connectivity index (χ0n) is 24.1. The summed E-state index contributed by atoms with van der Waals surface area (Å²) >= 11 is 0. The molecule has 11 nitrogen and oxygen atoms in total. The Bertz CT molecular complexity index is 1290. The summed E-state index contributed by atoms with van der Waals surface area (Å²) in [4.78, 5) is 16.4. The van der Waals surface area contributed by atoms with Gasteiger partial charge in [-0.3, -0.25) is 14.3 Å². The normalized spacial score (nSPS) is 12.1. The molecule has 1 atom stereocenters. The Kier molecular flexibility index (Phi) is 16.2. The molecule has 0 radical (unpaired) electrons. The van der Waals surface area contributed by atoms with Crippen molar-refractivity contribution in [1.29, 1.82) is 0 Å². The van der Waals surface area contributed by atoms with Crippen LogP contribution in [0.1, 0.15) is 69.4 Å².